The fourth-order valence-corrected chi connectivity index (χ4v) is 4.22. The van der Waals surface area contributed by atoms with E-state index in [0.29, 0.717) is 16.7 Å². The fraction of sp³-hybridized carbons (Fsp3) is 0.308. The number of pyridine rings is 1. The number of halogens is 4. The first-order valence-corrected chi connectivity index (χ1v) is 10.9. The average molecular weight is 472 g/mol. The Morgan fingerprint density at radius 2 is 1.65 bits per heavy atom. The molecule has 0 radical (unpaired) electrons. The average Bonchev–Trinajstić information content (AvgIpc) is 2.75. The maximum absolute atomic E-state index is 13.2. The molecule has 0 spiro atoms. The standard InChI is InChI=1S/C26H24F4N2O2/c1-24(2,34)21-14-22(26(28,29)30)31-15-20(21)16-4-8-18(9-5-16)25(12-3-13-25)32-23(33)17-6-10-19(27)11-7-17/h4-11,14-15,34H,3,12-13H2,1-2H3,(H,32,33). The Kier molecular flexibility index (Phi) is 5.97. The summed E-state index contributed by atoms with van der Waals surface area (Å²) < 4.78 is 52.7. The van der Waals surface area contributed by atoms with E-state index in [2.05, 4.69) is 10.3 Å². The lowest BCUT2D eigenvalue weighted by atomic mass is 9.71. The Morgan fingerprint density at radius 3 is 2.15 bits per heavy atom. The number of nitrogens with zero attached hydrogens (tertiary/aromatic N) is 1. The Balaban J connectivity index is 1.64. The monoisotopic (exact) mass is 472 g/mol. The number of nitrogens with one attached hydrogen (secondary N) is 1. The molecular formula is C26H24F4N2O2. The van der Waals surface area contributed by atoms with Crippen LogP contribution in [0.1, 0.15) is 60.3 Å². The van der Waals surface area contributed by atoms with Crippen LogP contribution in [0.3, 0.4) is 0 Å². The van der Waals surface area contributed by atoms with Crippen molar-refractivity contribution in [2.75, 3.05) is 0 Å². The molecule has 2 aromatic carbocycles. The van der Waals surface area contributed by atoms with Crippen molar-refractivity contribution in [3.8, 4) is 11.1 Å². The molecule has 2 N–H and O–H groups in total. The number of alkyl halides is 3. The highest BCUT2D eigenvalue weighted by Gasteiger charge is 2.40. The van der Waals surface area contributed by atoms with Crippen LogP contribution < -0.4 is 5.32 Å². The third-order valence-electron chi connectivity index (χ3n) is 6.27. The molecule has 1 aliphatic carbocycles. The third-order valence-corrected chi connectivity index (χ3v) is 6.27. The zero-order chi connectivity index (χ0) is 24.7. The number of carbonyl (C=O) groups excluding carboxylic acids is 1. The summed E-state index contributed by atoms with van der Waals surface area (Å²) in [6, 6.07) is 13.3. The van der Waals surface area contributed by atoms with Crippen LogP contribution in [-0.2, 0) is 17.3 Å². The smallest absolute Gasteiger partial charge is 0.386 e. The van der Waals surface area contributed by atoms with Gasteiger partial charge in [0.25, 0.3) is 5.91 Å². The topological polar surface area (TPSA) is 62.2 Å². The fourth-order valence-electron chi connectivity index (χ4n) is 4.22. The lowest BCUT2D eigenvalue weighted by Crippen LogP contribution is -2.50. The van der Waals surface area contributed by atoms with Crippen LogP contribution in [0.2, 0.25) is 0 Å². The molecule has 178 valence electrons. The molecule has 0 saturated heterocycles. The van der Waals surface area contributed by atoms with Crippen LogP contribution in [0.25, 0.3) is 11.1 Å². The van der Waals surface area contributed by atoms with Crippen molar-refractivity contribution in [1.82, 2.24) is 10.3 Å². The van der Waals surface area contributed by atoms with Crippen molar-refractivity contribution in [1.29, 1.82) is 0 Å². The minimum absolute atomic E-state index is 0.116. The molecule has 1 aliphatic rings. The molecular weight excluding hydrogens is 448 g/mol. The summed E-state index contributed by atoms with van der Waals surface area (Å²) in [4.78, 5) is 16.3. The molecule has 34 heavy (non-hydrogen) atoms. The van der Waals surface area contributed by atoms with Gasteiger partial charge in [0.1, 0.15) is 11.5 Å². The van der Waals surface area contributed by atoms with Gasteiger partial charge in [-0.3, -0.25) is 9.78 Å². The van der Waals surface area contributed by atoms with Crippen LogP contribution in [0.15, 0.2) is 60.8 Å². The lowest BCUT2D eigenvalue weighted by Gasteiger charge is -2.43. The SMILES string of the molecule is CC(C)(O)c1cc(C(F)(F)F)ncc1-c1ccc(C2(NC(=O)c3ccc(F)cc3)CCC2)cc1. The maximum Gasteiger partial charge on any atom is 0.433 e. The molecule has 0 unspecified atom stereocenters. The second-order valence-electron chi connectivity index (χ2n) is 9.15. The van der Waals surface area contributed by atoms with Crippen LogP contribution in [0.5, 0.6) is 0 Å². The Labute approximate surface area is 194 Å². The Hall–Kier alpha value is -3.26. The van der Waals surface area contributed by atoms with Gasteiger partial charge >= 0.3 is 6.18 Å². The van der Waals surface area contributed by atoms with E-state index in [1.54, 1.807) is 12.1 Å². The number of benzene rings is 2. The number of hydrogen-bond acceptors (Lipinski definition) is 3. The molecule has 1 saturated carbocycles. The van der Waals surface area contributed by atoms with Gasteiger partial charge in [0.05, 0.1) is 11.1 Å². The Bertz CT molecular complexity index is 1190. The maximum atomic E-state index is 13.2. The highest BCUT2D eigenvalue weighted by atomic mass is 19.4. The van der Waals surface area contributed by atoms with Crippen molar-refractivity contribution in [3.63, 3.8) is 0 Å². The summed E-state index contributed by atoms with van der Waals surface area (Å²) in [6.45, 7) is 2.85. The van der Waals surface area contributed by atoms with Gasteiger partial charge in [-0.1, -0.05) is 24.3 Å². The highest BCUT2D eigenvalue weighted by Crippen LogP contribution is 2.43. The number of aromatic nitrogens is 1. The van der Waals surface area contributed by atoms with E-state index in [1.807, 2.05) is 12.1 Å². The van der Waals surface area contributed by atoms with E-state index < -0.39 is 28.8 Å². The number of aliphatic hydroxyl groups is 1. The van der Waals surface area contributed by atoms with Gasteiger partial charge in [-0.2, -0.15) is 13.2 Å². The number of rotatable bonds is 5. The van der Waals surface area contributed by atoms with Gasteiger partial charge in [0, 0.05) is 17.3 Å². The zero-order valence-corrected chi connectivity index (χ0v) is 18.7. The van der Waals surface area contributed by atoms with E-state index in [-0.39, 0.29) is 11.5 Å². The first-order chi connectivity index (χ1) is 15.9. The van der Waals surface area contributed by atoms with Crippen molar-refractivity contribution in [2.45, 2.75) is 50.4 Å². The van der Waals surface area contributed by atoms with E-state index in [0.717, 1.165) is 37.1 Å². The molecule has 0 aliphatic heterocycles. The predicted molar refractivity (Wildman–Crippen MR) is 119 cm³/mol. The van der Waals surface area contributed by atoms with E-state index in [1.165, 1.54) is 38.1 Å². The van der Waals surface area contributed by atoms with E-state index in [9.17, 15) is 27.5 Å². The number of carbonyl (C=O) groups is 1. The largest absolute Gasteiger partial charge is 0.433 e. The van der Waals surface area contributed by atoms with Crippen LogP contribution in [-0.4, -0.2) is 16.0 Å². The van der Waals surface area contributed by atoms with E-state index in [4.69, 9.17) is 0 Å². The van der Waals surface area contributed by atoms with Crippen molar-refractivity contribution in [2.24, 2.45) is 0 Å². The van der Waals surface area contributed by atoms with Crippen LogP contribution >= 0.6 is 0 Å². The summed E-state index contributed by atoms with van der Waals surface area (Å²) in [5, 5.41) is 13.6. The highest BCUT2D eigenvalue weighted by molar-refractivity contribution is 5.94. The summed E-state index contributed by atoms with van der Waals surface area (Å²) in [5.41, 5.74) is -0.826. The van der Waals surface area contributed by atoms with Gasteiger partial charge in [0.2, 0.25) is 0 Å². The second kappa shape index (κ2) is 8.51. The van der Waals surface area contributed by atoms with Crippen molar-refractivity contribution >= 4 is 5.91 Å². The van der Waals surface area contributed by atoms with Crippen LogP contribution in [0.4, 0.5) is 17.6 Å². The van der Waals surface area contributed by atoms with Gasteiger partial charge in [-0.05, 0) is 80.1 Å². The minimum atomic E-state index is -4.62. The summed E-state index contributed by atoms with van der Waals surface area (Å²) in [5.74, 6) is -0.728. The quantitative estimate of drug-likeness (QED) is 0.452. The molecule has 1 fully saturated rings. The molecule has 0 bridgehead atoms. The normalized spacial score (nSPS) is 15.5. The minimum Gasteiger partial charge on any atom is -0.386 e. The zero-order valence-electron chi connectivity index (χ0n) is 18.7. The van der Waals surface area contributed by atoms with Crippen LogP contribution in [0, 0.1) is 5.82 Å². The molecule has 1 aromatic heterocycles. The summed E-state index contributed by atoms with van der Waals surface area (Å²) in [7, 11) is 0. The molecule has 1 heterocycles. The summed E-state index contributed by atoms with van der Waals surface area (Å²) >= 11 is 0. The van der Waals surface area contributed by atoms with Gasteiger partial charge in [-0.15, -0.1) is 0 Å². The molecule has 0 atom stereocenters. The third kappa shape index (κ3) is 4.68. The summed E-state index contributed by atoms with van der Waals surface area (Å²) in [6.07, 6.45) is -1.11. The molecule has 4 rings (SSSR count). The number of amides is 1. The first kappa shape index (κ1) is 23.9. The second-order valence-corrected chi connectivity index (χ2v) is 9.15. The number of hydrogen-bond donors (Lipinski definition) is 2. The molecule has 8 heteroatoms. The lowest BCUT2D eigenvalue weighted by molar-refractivity contribution is -0.141. The van der Waals surface area contributed by atoms with Gasteiger partial charge < -0.3 is 10.4 Å². The molecule has 1 amide bonds. The first-order valence-electron chi connectivity index (χ1n) is 10.9. The van der Waals surface area contributed by atoms with Gasteiger partial charge in [0.15, 0.2) is 0 Å². The van der Waals surface area contributed by atoms with Crippen molar-refractivity contribution < 1.29 is 27.5 Å². The molecule has 3 aromatic rings. The predicted octanol–water partition coefficient (Wildman–Crippen LogP) is 5.94. The van der Waals surface area contributed by atoms with Gasteiger partial charge in [-0.25, -0.2) is 4.39 Å². The van der Waals surface area contributed by atoms with Crippen molar-refractivity contribution in [3.05, 3.63) is 89.0 Å². The molecule has 4 nitrogen and oxygen atoms in total. The Morgan fingerprint density at radius 1 is 1.03 bits per heavy atom. The van der Waals surface area contributed by atoms with E-state index >= 15 is 0 Å².